The molecule has 3 N–H and O–H groups in total. The molecule has 0 radical (unpaired) electrons. The molecule has 3 aromatic rings. The van der Waals surface area contributed by atoms with Crippen molar-refractivity contribution in [3.8, 4) is 5.75 Å². The Bertz CT molecular complexity index is 1820. The monoisotopic (exact) mass is 766 g/mol. The lowest BCUT2D eigenvalue weighted by Gasteiger charge is -2.37. The van der Waals surface area contributed by atoms with Crippen LogP contribution < -0.4 is 15.3 Å². The average molecular weight is 767 g/mol. The van der Waals surface area contributed by atoms with Gasteiger partial charge in [-0.05, 0) is 44.7 Å². The summed E-state index contributed by atoms with van der Waals surface area (Å²) < 4.78 is 80.8. The fourth-order valence-electron chi connectivity index (χ4n) is 6.10. The number of piperidine rings is 1. The number of alkyl halides is 2. The number of benzene rings is 1. The number of halogens is 2. The summed E-state index contributed by atoms with van der Waals surface area (Å²) in [5.41, 5.74) is 5.16. The first-order valence-corrected chi connectivity index (χ1v) is 18.9. The number of nitrogens with one attached hydrogen (secondary N) is 1. The Morgan fingerprint density at radius 1 is 1.08 bits per heavy atom. The lowest BCUT2D eigenvalue weighted by molar-refractivity contribution is -0.189. The first-order chi connectivity index (χ1) is 25.1. The van der Waals surface area contributed by atoms with Crippen LogP contribution in [0.4, 0.5) is 14.6 Å². The molecule has 53 heavy (non-hydrogen) atoms. The van der Waals surface area contributed by atoms with Gasteiger partial charge in [-0.3, -0.25) is 23.8 Å². The Morgan fingerprint density at radius 2 is 1.77 bits per heavy atom. The quantitative estimate of drug-likeness (QED) is 0.127. The van der Waals surface area contributed by atoms with E-state index in [1.54, 1.807) is 56.0 Å². The summed E-state index contributed by atoms with van der Waals surface area (Å²) in [6, 6.07) is 9.71. The molecule has 0 aliphatic carbocycles. The molecule has 2 unspecified atom stereocenters. The van der Waals surface area contributed by atoms with Crippen molar-refractivity contribution >= 4 is 37.0 Å². The van der Waals surface area contributed by atoms with Crippen LogP contribution in [0, 0.1) is 0 Å². The van der Waals surface area contributed by atoms with Gasteiger partial charge >= 0.3 is 25.7 Å². The van der Waals surface area contributed by atoms with E-state index in [4.69, 9.17) is 33.7 Å². The summed E-state index contributed by atoms with van der Waals surface area (Å²) in [6.07, 6.45) is -4.32. The minimum absolute atomic E-state index is 0.0173. The maximum atomic E-state index is 14.9. The van der Waals surface area contributed by atoms with E-state index in [2.05, 4.69) is 15.2 Å². The highest BCUT2D eigenvalue weighted by Gasteiger charge is 2.59. The highest BCUT2D eigenvalue weighted by Crippen LogP contribution is 2.50. The fourth-order valence-corrected chi connectivity index (χ4v) is 7.68. The third kappa shape index (κ3) is 9.12. The van der Waals surface area contributed by atoms with Crippen LogP contribution in [-0.2, 0) is 42.4 Å². The lowest BCUT2D eigenvalue weighted by Crippen LogP contribution is -2.54. The van der Waals surface area contributed by atoms with Crippen molar-refractivity contribution in [3.63, 3.8) is 0 Å². The van der Waals surface area contributed by atoms with E-state index >= 15 is 0 Å². The number of esters is 3. The minimum atomic E-state index is -4.61. The van der Waals surface area contributed by atoms with Crippen molar-refractivity contribution < 1.29 is 55.7 Å². The molecular formula is C34H45F2N6O10P. The first kappa shape index (κ1) is 40.0. The largest absolute Gasteiger partial charge is 0.459 e. The lowest BCUT2D eigenvalue weighted by atomic mass is 9.96. The second-order valence-corrected chi connectivity index (χ2v) is 14.7. The Morgan fingerprint density at radius 3 is 2.43 bits per heavy atom. The van der Waals surface area contributed by atoms with Crippen molar-refractivity contribution in [2.24, 2.45) is 0 Å². The van der Waals surface area contributed by atoms with Gasteiger partial charge in [0.15, 0.2) is 24.1 Å². The summed E-state index contributed by atoms with van der Waals surface area (Å²) in [4.78, 5) is 44.3. The molecule has 7 atom stereocenters. The average Bonchev–Trinajstić information content (AvgIpc) is 3.67. The van der Waals surface area contributed by atoms with Crippen molar-refractivity contribution in [3.05, 3.63) is 54.5 Å². The number of nitrogens with two attached hydrogens (primary N) is 1. The summed E-state index contributed by atoms with van der Waals surface area (Å²) in [6.45, 7) is 7.23. The molecule has 290 valence electrons. The van der Waals surface area contributed by atoms with Crippen LogP contribution in [0.25, 0.3) is 5.52 Å². The smallest absolute Gasteiger partial charge is 0.455 e. The number of anilines is 1. The zero-order valence-corrected chi connectivity index (χ0v) is 31.0. The number of nitrogens with zero attached hydrogens (tertiary/aromatic N) is 4. The van der Waals surface area contributed by atoms with E-state index in [1.807, 2.05) is 0 Å². The molecule has 2 saturated heterocycles. The van der Waals surface area contributed by atoms with Crippen LogP contribution in [0.1, 0.15) is 65.7 Å². The molecule has 4 heterocycles. The van der Waals surface area contributed by atoms with Gasteiger partial charge in [-0.2, -0.15) is 10.2 Å². The van der Waals surface area contributed by atoms with Crippen LogP contribution in [0.15, 0.2) is 48.8 Å². The van der Waals surface area contributed by atoms with Gasteiger partial charge in [-0.25, -0.2) is 22.8 Å². The van der Waals surface area contributed by atoms with Gasteiger partial charge in [0, 0.05) is 25.8 Å². The van der Waals surface area contributed by atoms with Crippen molar-refractivity contribution in [1.29, 1.82) is 0 Å². The summed E-state index contributed by atoms with van der Waals surface area (Å²) in [7, 11) is -4.61. The SMILES string of the molecule is CCC(=O)O[C@H]1[C@H](c2ccc3c(N)ncnn23)O[C@](C)(COP(=O)(N[C@@H](C)C(=O)OC2CCN(CC)CC2(F)F)Oc2ccccc2)[C@H]1OC(=O)CC. The van der Waals surface area contributed by atoms with Gasteiger partial charge in [0.2, 0.25) is 0 Å². The standard InChI is InChI=1S/C34H45F2N6O10P/c1-6-26(43)49-29-28(23-14-15-24-31(37)38-20-39-42(23)24)51-33(5,30(29)50-27(44)7-2)19-47-53(46,52-22-12-10-9-11-13-22)40-21(4)32(45)48-25-16-17-41(8-3)18-34(25,35)36/h9-15,20-21,25,28-30H,6-8,16-19H2,1-5H3,(H,40,46)(H2,37,38,39)/t21-,25?,28-,29-,30-,33+,53?/m0/s1. The van der Waals surface area contributed by atoms with Crippen LogP contribution in [-0.4, -0.2) is 99.5 Å². The number of hydrogen-bond donors (Lipinski definition) is 2. The Labute approximate surface area is 305 Å². The van der Waals surface area contributed by atoms with E-state index in [1.165, 1.54) is 36.8 Å². The molecule has 5 rings (SSSR count). The number of rotatable bonds is 15. The number of carbonyl (C=O) groups excluding carboxylic acids is 3. The number of nitrogen functional groups attached to an aromatic ring is 1. The molecule has 19 heteroatoms. The maximum absolute atomic E-state index is 14.9. The molecule has 1 aromatic carbocycles. The maximum Gasteiger partial charge on any atom is 0.459 e. The van der Waals surface area contributed by atoms with Crippen molar-refractivity contribution in [2.75, 3.05) is 32.0 Å². The highest BCUT2D eigenvalue weighted by atomic mass is 31.2. The second-order valence-electron chi connectivity index (χ2n) is 13.0. The molecule has 0 saturated carbocycles. The van der Waals surface area contributed by atoms with Gasteiger partial charge < -0.3 is 29.2 Å². The Balaban J connectivity index is 1.44. The van der Waals surface area contributed by atoms with Crippen LogP contribution in [0.2, 0.25) is 0 Å². The Kier molecular flexibility index (Phi) is 12.4. The van der Waals surface area contributed by atoms with Gasteiger partial charge in [-0.1, -0.05) is 39.0 Å². The van der Waals surface area contributed by atoms with Gasteiger partial charge in [0.05, 0.1) is 18.8 Å². The number of ether oxygens (including phenoxy) is 4. The van der Waals surface area contributed by atoms with Gasteiger partial charge in [0.25, 0.3) is 5.92 Å². The van der Waals surface area contributed by atoms with Gasteiger partial charge in [0.1, 0.15) is 35.3 Å². The van der Waals surface area contributed by atoms with E-state index in [9.17, 15) is 27.7 Å². The normalized spacial score (nSPS) is 26.0. The van der Waals surface area contributed by atoms with E-state index in [0.29, 0.717) is 24.3 Å². The third-order valence-electron chi connectivity index (χ3n) is 9.01. The molecule has 2 aliphatic rings. The molecule has 16 nitrogen and oxygen atoms in total. The molecule has 0 amide bonds. The molecule has 2 fully saturated rings. The number of carbonyl (C=O) groups is 3. The molecular weight excluding hydrogens is 721 g/mol. The van der Waals surface area contributed by atoms with E-state index in [0.717, 1.165) is 0 Å². The number of hydrogen-bond acceptors (Lipinski definition) is 14. The first-order valence-electron chi connectivity index (χ1n) is 17.3. The minimum Gasteiger partial charge on any atom is -0.455 e. The highest BCUT2D eigenvalue weighted by molar-refractivity contribution is 7.52. The fraction of sp³-hybridized carbons (Fsp3) is 0.559. The van der Waals surface area contributed by atoms with Crippen molar-refractivity contribution in [1.82, 2.24) is 24.6 Å². The summed E-state index contributed by atoms with van der Waals surface area (Å²) in [5, 5.41) is 6.77. The van der Waals surface area contributed by atoms with E-state index in [-0.39, 0.29) is 30.8 Å². The van der Waals surface area contributed by atoms with Crippen molar-refractivity contribution in [2.45, 2.75) is 95.9 Å². The van der Waals surface area contributed by atoms with Crippen LogP contribution in [0.3, 0.4) is 0 Å². The summed E-state index contributed by atoms with van der Waals surface area (Å²) in [5.74, 6) is -5.45. The number of para-hydroxylation sites is 1. The number of likely N-dealkylation sites (tertiary alicyclic amines) is 1. The predicted molar refractivity (Wildman–Crippen MR) is 185 cm³/mol. The molecule has 2 aliphatic heterocycles. The second kappa shape index (κ2) is 16.4. The topological polar surface area (TPSA) is 195 Å². The Hall–Kier alpha value is -4.22. The zero-order valence-electron chi connectivity index (χ0n) is 30.1. The van der Waals surface area contributed by atoms with Crippen LogP contribution in [0.5, 0.6) is 5.75 Å². The van der Waals surface area contributed by atoms with Crippen LogP contribution >= 0.6 is 7.75 Å². The number of aromatic nitrogens is 3. The predicted octanol–water partition coefficient (Wildman–Crippen LogP) is 4.24. The van der Waals surface area contributed by atoms with E-state index < -0.39 is 80.8 Å². The molecule has 0 bridgehead atoms. The molecule has 0 spiro atoms. The third-order valence-corrected chi connectivity index (χ3v) is 10.6. The van der Waals surface area contributed by atoms with Gasteiger partial charge in [-0.15, -0.1) is 0 Å². The number of fused-ring (bicyclic) bond motifs is 1. The summed E-state index contributed by atoms with van der Waals surface area (Å²) >= 11 is 0. The molecule has 2 aromatic heterocycles. The zero-order chi connectivity index (χ0) is 38.6.